The van der Waals surface area contributed by atoms with Crippen LogP contribution in [0.4, 0.5) is 0 Å². The molecule has 1 N–H and O–H groups in total. The van der Waals surface area contributed by atoms with E-state index in [0.29, 0.717) is 34.7 Å². The largest absolute Gasteiger partial charge is 0.507 e. The molecule has 1 amide bonds. The summed E-state index contributed by atoms with van der Waals surface area (Å²) in [7, 11) is 1.30. The lowest BCUT2D eigenvalue weighted by atomic mass is 9.94. The molecule has 1 aliphatic rings. The first-order valence-electron chi connectivity index (χ1n) is 11.3. The zero-order valence-electron chi connectivity index (χ0n) is 19.6. The highest BCUT2D eigenvalue weighted by Crippen LogP contribution is 2.39. The Morgan fingerprint density at radius 3 is 2.18 bits per heavy atom. The summed E-state index contributed by atoms with van der Waals surface area (Å²) in [4.78, 5) is 41.7. The van der Waals surface area contributed by atoms with Crippen LogP contribution in [-0.4, -0.2) is 65.9 Å². The fraction of sp³-hybridized carbons (Fsp3) is 0.346. The van der Waals surface area contributed by atoms with Gasteiger partial charge in [-0.2, -0.15) is 0 Å². The van der Waals surface area contributed by atoms with Crippen molar-refractivity contribution in [3.8, 4) is 0 Å². The van der Waals surface area contributed by atoms with Crippen molar-refractivity contribution in [2.75, 3.05) is 33.3 Å². The number of nitrogens with zero attached hydrogens (tertiary/aromatic N) is 2. The van der Waals surface area contributed by atoms with Crippen molar-refractivity contribution in [2.24, 2.45) is 0 Å². The summed E-state index contributed by atoms with van der Waals surface area (Å²) < 4.78 is 4.76. The Balaban J connectivity index is 2.03. The number of methoxy groups -OCH3 is 1. The zero-order chi connectivity index (χ0) is 24.8. The molecule has 1 atom stereocenters. The normalized spacial score (nSPS) is 17.4. The third-order valence-electron chi connectivity index (χ3n) is 6.07. The summed E-state index contributed by atoms with van der Waals surface area (Å²) in [5, 5.41) is 11.6. The van der Waals surface area contributed by atoms with E-state index >= 15 is 0 Å². The molecule has 2 aromatic rings. The van der Waals surface area contributed by atoms with Crippen molar-refractivity contribution in [1.29, 1.82) is 0 Å². The van der Waals surface area contributed by atoms with Crippen LogP contribution in [0.25, 0.3) is 5.76 Å². The van der Waals surface area contributed by atoms with Gasteiger partial charge in [-0.15, -0.1) is 0 Å². The second-order valence-corrected chi connectivity index (χ2v) is 8.43. The molecule has 0 spiro atoms. The van der Waals surface area contributed by atoms with Gasteiger partial charge in [-0.3, -0.25) is 9.59 Å². The Morgan fingerprint density at radius 1 is 1.03 bits per heavy atom. The number of hydrogen-bond donors (Lipinski definition) is 1. The molecule has 0 bridgehead atoms. The number of carbonyl (C=O) groups is 3. The Kier molecular flexibility index (Phi) is 8.47. The quantitative estimate of drug-likeness (QED) is 0.247. The summed E-state index contributed by atoms with van der Waals surface area (Å²) in [5.41, 5.74) is 1.37. The fourth-order valence-electron chi connectivity index (χ4n) is 4.14. The monoisotopic (exact) mass is 484 g/mol. The molecule has 0 saturated carbocycles. The number of ketones is 1. The van der Waals surface area contributed by atoms with Crippen molar-refractivity contribution >= 4 is 35.0 Å². The third-order valence-corrected chi connectivity index (χ3v) is 6.32. The highest BCUT2D eigenvalue weighted by atomic mass is 35.5. The highest BCUT2D eigenvalue weighted by molar-refractivity contribution is 6.46. The van der Waals surface area contributed by atoms with Crippen molar-refractivity contribution < 1.29 is 24.2 Å². The van der Waals surface area contributed by atoms with Gasteiger partial charge in [-0.05, 0) is 68.0 Å². The Labute approximate surface area is 204 Å². The molecule has 0 aromatic heterocycles. The van der Waals surface area contributed by atoms with Crippen LogP contribution >= 0.6 is 11.6 Å². The van der Waals surface area contributed by atoms with Gasteiger partial charge in [0.2, 0.25) is 0 Å². The number of halogens is 1. The highest BCUT2D eigenvalue weighted by Gasteiger charge is 2.45. The first kappa shape index (κ1) is 25.5. The fourth-order valence-corrected chi connectivity index (χ4v) is 4.27. The van der Waals surface area contributed by atoms with E-state index in [9.17, 15) is 19.5 Å². The number of Topliss-reactive ketones (excluding diaryl/α,β-unsaturated/α-hetero) is 1. The Morgan fingerprint density at radius 2 is 1.62 bits per heavy atom. The van der Waals surface area contributed by atoms with Crippen LogP contribution in [0, 0.1) is 0 Å². The van der Waals surface area contributed by atoms with Crippen molar-refractivity contribution in [2.45, 2.75) is 26.3 Å². The third kappa shape index (κ3) is 5.32. The zero-order valence-corrected chi connectivity index (χ0v) is 20.3. The number of amides is 1. The van der Waals surface area contributed by atoms with Crippen LogP contribution in [0.15, 0.2) is 54.1 Å². The lowest BCUT2D eigenvalue weighted by molar-refractivity contribution is -0.140. The summed E-state index contributed by atoms with van der Waals surface area (Å²) in [6.07, 6.45) is 0.673. The lowest BCUT2D eigenvalue weighted by Crippen LogP contribution is -2.33. The maximum Gasteiger partial charge on any atom is 0.337 e. The molecule has 34 heavy (non-hydrogen) atoms. The summed E-state index contributed by atoms with van der Waals surface area (Å²) in [6, 6.07) is 12.2. The van der Waals surface area contributed by atoms with Crippen LogP contribution in [0.2, 0.25) is 5.02 Å². The summed E-state index contributed by atoms with van der Waals surface area (Å²) in [6.45, 7) is 7.06. The molecule has 2 aromatic carbocycles. The van der Waals surface area contributed by atoms with Gasteiger partial charge >= 0.3 is 5.97 Å². The molecule has 8 heteroatoms. The standard InChI is InChI=1S/C26H29ClN2O5/c1-4-28(5-2)15-6-16-29-22(17-7-9-19(10-8-17)26(33)34-3)21(24(31)25(29)32)23(30)18-11-13-20(27)14-12-18/h7-14,22,30H,4-6,15-16H2,1-3H3/b23-21+. The molecule has 180 valence electrons. The van der Waals surface area contributed by atoms with Crippen molar-refractivity contribution in [3.05, 3.63) is 75.8 Å². The number of benzene rings is 2. The summed E-state index contributed by atoms with van der Waals surface area (Å²) in [5.74, 6) is -2.14. The first-order valence-corrected chi connectivity index (χ1v) is 11.6. The van der Waals surface area contributed by atoms with Crippen molar-refractivity contribution in [1.82, 2.24) is 9.80 Å². The molecule has 7 nitrogen and oxygen atoms in total. The van der Waals surface area contributed by atoms with E-state index in [1.165, 1.54) is 12.0 Å². The summed E-state index contributed by atoms with van der Waals surface area (Å²) >= 11 is 5.97. The Bertz CT molecular complexity index is 1080. The first-order chi connectivity index (χ1) is 16.3. The molecular formula is C26H29ClN2O5. The van der Waals surface area contributed by atoms with Gasteiger partial charge in [0.1, 0.15) is 5.76 Å². The number of carbonyl (C=O) groups excluding carboxylic acids is 3. The van der Waals surface area contributed by atoms with Gasteiger partial charge in [0.05, 0.1) is 24.3 Å². The topological polar surface area (TPSA) is 87.2 Å². The van der Waals surface area contributed by atoms with Gasteiger partial charge < -0.3 is 19.6 Å². The van der Waals surface area contributed by atoms with E-state index in [1.807, 2.05) is 0 Å². The number of aliphatic hydroxyl groups is 1. The molecule has 0 aliphatic carbocycles. The molecule has 1 unspecified atom stereocenters. The van der Waals surface area contributed by atoms with Gasteiger partial charge in [0, 0.05) is 17.1 Å². The minimum Gasteiger partial charge on any atom is -0.507 e. The molecular weight excluding hydrogens is 456 g/mol. The van der Waals surface area contributed by atoms with Gasteiger partial charge in [0.15, 0.2) is 0 Å². The number of esters is 1. The molecule has 1 aliphatic heterocycles. The average Bonchev–Trinajstić information content (AvgIpc) is 3.11. The second-order valence-electron chi connectivity index (χ2n) is 7.99. The minimum atomic E-state index is -0.779. The predicted octanol–water partition coefficient (Wildman–Crippen LogP) is 4.28. The molecule has 1 saturated heterocycles. The van der Waals surface area contributed by atoms with E-state index in [0.717, 1.165) is 19.6 Å². The minimum absolute atomic E-state index is 0.0148. The SMILES string of the molecule is CCN(CC)CCCN1C(=O)C(=O)/C(=C(/O)c2ccc(Cl)cc2)C1c1ccc(C(=O)OC)cc1. The van der Waals surface area contributed by atoms with Crippen LogP contribution in [0.1, 0.15) is 47.8 Å². The molecule has 1 heterocycles. The van der Waals surface area contributed by atoms with E-state index in [2.05, 4.69) is 18.7 Å². The van der Waals surface area contributed by atoms with E-state index in [1.54, 1.807) is 48.5 Å². The van der Waals surface area contributed by atoms with E-state index < -0.39 is 23.7 Å². The van der Waals surface area contributed by atoms with Crippen molar-refractivity contribution in [3.63, 3.8) is 0 Å². The van der Waals surface area contributed by atoms with E-state index in [4.69, 9.17) is 16.3 Å². The van der Waals surface area contributed by atoms with Crippen LogP contribution in [-0.2, 0) is 14.3 Å². The van der Waals surface area contributed by atoms with E-state index in [-0.39, 0.29) is 11.3 Å². The maximum atomic E-state index is 13.1. The second kappa shape index (κ2) is 11.3. The predicted molar refractivity (Wildman–Crippen MR) is 131 cm³/mol. The van der Waals surface area contributed by atoms with Gasteiger partial charge in [0.25, 0.3) is 11.7 Å². The average molecular weight is 485 g/mol. The van der Waals surface area contributed by atoms with Crippen LogP contribution in [0.5, 0.6) is 0 Å². The number of rotatable bonds is 9. The number of likely N-dealkylation sites (tertiary alicyclic amines) is 1. The van der Waals surface area contributed by atoms with Crippen LogP contribution < -0.4 is 0 Å². The van der Waals surface area contributed by atoms with Crippen LogP contribution in [0.3, 0.4) is 0 Å². The van der Waals surface area contributed by atoms with Gasteiger partial charge in [-0.25, -0.2) is 4.79 Å². The molecule has 0 radical (unpaired) electrons. The smallest absolute Gasteiger partial charge is 0.337 e. The number of ether oxygens (including phenoxy) is 1. The van der Waals surface area contributed by atoms with Gasteiger partial charge in [-0.1, -0.05) is 37.6 Å². The number of hydrogen-bond acceptors (Lipinski definition) is 6. The molecule has 3 rings (SSSR count). The molecule has 1 fully saturated rings. The maximum absolute atomic E-state index is 13.1. The lowest BCUT2D eigenvalue weighted by Gasteiger charge is -2.27. The Hall–Kier alpha value is -3.16. The number of aliphatic hydroxyl groups excluding tert-OH is 1.